The van der Waals surface area contributed by atoms with Gasteiger partial charge in [-0.1, -0.05) is 65.7 Å². The average Bonchev–Trinajstić information content (AvgIpc) is 2.95. The Morgan fingerprint density at radius 2 is 1.66 bits per heavy atom. The number of halogens is 1. The maximum Gasteiger partial charge on any atom is 0.264 e. The van der Waals surface area contributed by atoms with E-state index in [2.05, 4.69) is 21.2 Å². The molecule has 0 aliphatic carbocycles. The summed E-state index contributed by atoms with van der Waals surface area (Å²) in [6, 6.07) is 19.6. The highest BCUT2D eigenvalue weighted by atomic mass is 79.9. The molecule has 0 unspecified atom stereocenters. The van der Waals surface area contributed by atoms with Gasteiger partial charge < -0.3 is 15.0 Å². The van der Waals surface area contributed by atoms with Crippen LogP contribution in [0.1, 0.15) is 44.7 Å². The molecule has 8 nitrogen and oxygen atoms in total. The predicted octanol–water partition coefficient (Wildman–Crippen LogP) is 5.68. The Kier molecular flexibility index (Phi) is 11.4. The van der Waals surface area contributed by atoms with E-state index in [-0.39, 0.29) is 23.4 Å². The molecule has 3 aromatic rings. The van der Waals surface area contributed by atoms with Gasteiger partial charge in [0.1, 0.15) is 18.3 Å². The molecule has 3 rings (SSSR count). The van der Waals surface area contributed by atoms with E-state index in [0.29, 0.717) is 22.3 Å². The molecule has 0 heterocycles. The van der Waals surface area contributed by atoms with Crippen LogP contribution in [0.2, 0.25) is 0 Å². The lowest BCUT2D eigenvalue weighted by Gasteiger charge is -2.33. The third kappa shape index (κ3) is 8.33. The second-order valence-corrected chi connectivity index (χ2v) is 12.7. The highest BCUT2D eigenvalue weighted by molar-refractivity contribution is 9.10. The molecule has 0 radical (unpaired) electrons. The molecule has 3 aromatic carbocycles. The number of carbonyl (C=O) groups excluding carboxylic acids is 2. The fourth-order valence-electron chi connectivity index (χ4n) is 4.33. The van der Waals surface area contributed by atoms with Crippen LogP contribution in [0.3, 0.4) is 0 Å². The first-order valence-electron chi connectivity index (χ1n) is 13.6. The Labute approximate surface area is 251 Å². The van der Waals surface area contributed by atoms with E-state index in [9.17, 15) is 18.0 Å². The summed E-state index contributed by atoms with van der Waals surface area (Å²) in [7, 11) is -2.57. The van der Waals surface area contributed by atoms with Crippen molar-refractivity contribution in [1.82, 2.24) is 10.2 Å². The van der Waals surface area contributed by atoms with Crippen molar-refractivity contribution in [2.45, 2.75) is 64.1 Å². The van der Waals surface area contributed by atoms with Crippen LogP contribution >= 0.6 is 15.9 Å². The summed E-state index contributed by atoms with van der Waals surface area (Å²) in [5.41, 5.74) is 1.99. The normalized spacial score (nSPS) is 12.7. The zero-order chi connectivity index (χ0) is 30.2. The molecule has 2 amide bonds. The number of sulfonamides is 1. The lowest BCUT2D eigenvalue weighted by atomic mass is 10.1. The number of nitrogens with zero attached hydrogens (tertiary/aromatic N) is 2. The highest BCUT2D eigenvalue weighted by Crippen LogP contribution is 2.27. The van der Waals surface area contributed by atoms with Gasteiger partial charge in [0, 0.05) is 17.1 Å². The third-order valence-corrected chi connectivity index (χ3v) is 9.14. The van der Waals surface area contributed by atoms with Gasteiger partial charge in [0.15, 0.2) is 0 Å². The molecule has 41 heavy (non-hydrogen) atoms. The second kappa shape index (κ2) is 14.5. The molecule has 0 aliphatic heterocycles. The number of hydrogen-bond acceptors (Lipinski definition) is 5. The van der Waals surface area contributed by atoms with Crippen LogP contribution < -0.4 is 14.4 Å². The minimum atomic E-state index is -4.13. The van der Waals surface area contributed by atoms with Gasteiger partial charge in [-0.05, 0) is 74.7 Å². The summed E-state index contributed by atoms with van der Waals surface area (Å²) >= 11 is 3.42. The molecule has 0 spiro atoms. The zero-order valence-corrected chi connectivity index (χ0v) is 26.5. The van der Waals surface area contributed by atoms with Crippen molar-refractivity contribution < 1.29 is 22.7 Å². The Bertz CT molecular complexity index is 1450. The molecule has 0 bridgehead atoms. The number of ether oxygens (including phenoxy) is 1. The number of benzene rings is 3. The first kappa shape index (κ1) is 32.1. The smallest absolute Gasteiger partial charge is 0.264 e. The van der Waals surface area contributed by atoms with E-state index in [1.165, 1.54) is 17.0 Å². The van der Waals surface area contributed by atoms with E-state index >= 15 is 0 Å². The summed E-state index contributed by atoms with van der Waals surface area (Å²) in [4.78, 5) is 29.1. The summed E-state index contributed by atoms with van der Waals surface area (Å²) in [5, 5.41) is 2.98. The van der Waals surface area contributed by atoms with Gasteiger partial charge in [-0.2, -0.15) is 0 Å². The van der Waals surface area contributed by atoms with Gasteiger partial charge in [-0.25, -0.2) is 8.42 Å². The molecule has 2 atom stereocenters. The highest BCUT2D eigenvalue weighted by Gasteiger charge is 2.34. The van der Waals surface area contributed by atoms with Crippen molar-refractivity contribution in [2.75, 3.05) is 18.0 Å². The fraction of sp³-hybridized carbons (Fsp3) is 0.355. The number of carbonyl (C=O) groups is 2. The van der Waals surface area contributed by atoms with Crippen LogP contribution in [0.25, 0.3) is 0 Å². The van der Waals surface area contributed by atoms with Gasteiger partial charge >= 0.3 is 0 Å². The maximum atomic E-state index is 14.2. The van der Waals surface area contributed by atoms with Gasteiger partial charge in [0.25, 0.3) is 10.0 Å². The minimum absolute atomic E-state index is 0.0665. The monoisotopic (exact) mass is 643 g/mol. The van der Waals surface area contributed by atoms with Crippen molar-refractivity contribution in [3.05, 3.63) is 88.4 Å². The Balaban J connectivity index is 2.07. The predicted molar refractivity (Wildman–Crippen MR) is 165 cm³/mol. The number of rotatable bonds is 13. The van der Waals surface area contributed by atoms with Crippen LogP contribution in [0, 0.1) is 6.92 Å². The molecule has 0 aromatic heterocycles. The van der Waals surface area contributed by atoms with Crippen LogP contribution in [-0.4, -0.2) is 50.9 Å². The number of anilines is 1. The van der Waals surface area contributed by atoms with E-state index < -0.39 is 28.5 Å². The van der Waals surface area contributed by atoms with E-state index in [4.69, 9.17) is 4.74 Å². The number of methoxy groups -OCH3 is 1. The summed E-state index contributed by atoms with van der Waals surface area (Å²) in [6.07, 6.45) is 1.08. The fourth-order valence-corrected chi connectivity index (χ4v) is 6.12. The molecule has 0 aliphatic rings. The van der Waals surface area contributed by atoms with Crippen molar-refractivity contribution in [3.63, 3.8) is 0 Å². The van der Waals surface area contributed by atoms with Crippen molar-refractivity contribution >= 4 is 43.5 Å². The van der Waals surface area contributed by atoms with Crippen LogP contribution in [-0.2, 0) is 26.2 Å². The van der Waals surface area contributed by atoms with E-state index in [0.717, 1.165) is 21.9 Å². The van der Waals surface area contributed by atoms with Crippen LogP contribution in [0.15, 0.2) is 82.2 Å². The largest absolute Gasteiger partial charge is 0.497 e. The quantitative estimate of drug-likeness (QED) is 0.258. The molecular weight excluding hydrogens is 606 g/mol. The standard InChI is InChI=1S/C31H38BrN3O5S/c1-6-23(4)33-31(37)29(7-2)34(20-24-10-8-13-27(18-24)40-5)30(36)21-35(26-12-9-11-25(32)19-26)41(38,39)28-16-14-22(3)15-17-28/h8-19,23,29H,6-7,20-21H2,1-5H3,(H,33,37)/t23-,29+/m1/s1. The Morgan fingerprint density at radius 1 is 0.976 bits per heavy atom. The molecule has 0 fully saturated rings. The van der Waals surface area contributed by atoms with E-state index in [1.807, 2.05) is 39.8 Å². The number of aryl methyl sites for hydroxylation is 1. The number of nitrogens with one attached hydrogen (secondary N) is 1. The molecule has 1 N–H and O–H groups in total. The Morgan fingerprint density at radius 3 is 2.27 bits per heavy atom. The van der Waals surface area contributed by atoms with Gasteiger partial charge in [-0.3, -0.25) is 13.9 Å². The molecule has 0 saturated carbocycles. The van der Waals surface area contributed by atoms with Crippen LogP contribution in [0.4, 0.5) is 5.69 Å². The molecule has 10 heteroatoms. The van der Waals surface area contributed by atoms with E-state index in [1.54, 1.807) is 55.6 Å². The summed E-state index contributed by atoms with van der Waals surface area (Å²) in [5.74, 6) is -0.173. The molecule has 220 valence electrons. The first-order valence-corrected chi connectivity index (χ1v) is 15.8. The zero-order valence-electron chi connectivity index (χ0n) is 24.1. The van der Waals surface area contributed by atoms with Gasteiger partial charge in [0.05, 0.1) is 17.7 Å². The van der Waals surface area contributed by atoms with Gasteiger partial charge in [-0.15, -0.1) is 0 Å². The van der Waals surface area contributed by atoms with Crippen molar-refractivity contribution in [1.29, 1.82) is 0 Å². The van der Waals surface area contributed by atoms with Crippen molar-refractivity contribution in [2.24, 2.45) is 0 Å². The summed E-state index contributed by atoms with van der Waals surface area (Å²) in [6.45, 7) is 7.18. The third-order valence-electron chi connectivity index (χ3n) is 6.86. The minimum Gasteiger partial charge on any atom is -0.497 e. The second-order valence-electron chi connectivity index (χ2n) is 9.92. The lowest BCUT2D eigenvalue weighted by molar-refractivity contribution is -0.140. The molecule has 0 saturated heterocycles. The van der Waals surface area contributed by atoms with Gasteiger partial charge in [0.2, 0.25) is 11.8 Å². The van der Waals surface area contributed by atoms with Crippen molar-refractivity contribution in [3.8, 4) is 5.75 Å². The summed E-state index contributed by atoms with van der Waals surface area (Å²) < 4.78 is 35.0. The maximum absolute atomic E-state index is 14.2. The Hall–Kier alpha value is -3.37. The molecular formula is C31H38BrN3O5S. The number of hydrogen-bond donors (Lipinski definition) is 1. The lowest BCUT2D eigenvalue weighted by Crippen LogP contribution is -2.53. The number of amides is 2. The topological polar surface area (TPSA) is 96.0 Å². The SMILES string of the molecule is CC[C@@H](C)NC(=O)[C@H](CC)N(Cc1cccc(OC)c1)C(=O)CN(c1cccc(Br)c1)S(=O)(=O)c1ccc(C)cc1. The first-order chi connectivity index (χ1) is 19.5. The van der Waals surface area contributed by atoms with Crippen LogP contribution in [0.5, 0.6) is 5.75 Å². The average molecular weight is 645 g/mol.